The third-order valence-corrected chi connectivity index (χ3v) is 3.68. The number of hydrogen-bond donors (Lipinski definition) is 3. The predicted octanol–water partition coefficient (Wildman–Crippen LogP) is -0.406. The first-order valence-corrected chi connectivity index (χ1v) is 6.90. The number of carbonyl (C=O) groups excluding carboxylic acids is 3. The van der Waals surface area contributed by atoms with Crippen LogP contribution in [0.2, 0.25) is 0 Å². The van der Waals surface area contributed by atoms with Crippen molar-refractivity contribution < 1.29 is 19.5 Å². The van der Waals surface area contributed by atoms with Crippen LogP contribution in [0.15, 0.2) is 0 Å². The van der Waals surface area contributed by atoms with E-state index in [1.807, 2.05) is 0 Å². The number of urea groups is 1. The topological polar surface area (TPSA) is 98.7 Å². The highest BCUT2D eigenvalue weighted by atomic mass is 16.3. The van der Waals surface area contributed by atoms with Crippen LogP contribution in [0.3, 0.4) is 0 Å². The van der Waals surface area contributed by atoms with Gasteiger partial charge in [-0.25, -0.2) is 4.79 Å². The summed E-state index contributed by atoms with van der Waals surface area (Å²) in [5, 5.41) is 14.8. The predicted molar refractivity (Wildman–Crippen MR) is 70.7 cm³/mol. The van der Waals surface area contributed by atoms with Gasteiger partial charge in [-0.15, -0.1) is 0 Å². The molecule has 2 fully saturated rings. The molecular weight excluding hydrogens is 262 g/mol. The average Bonchev–Trinajstić information content (AvgIpc) is 3.16. The lowest BCUT2D eigenvalue weighted by atomic mass is 10.1. The van der Waals surface area contributed by atoms with E-state index in [2.05, 4.69) is 10.6 Å². The Hall–Kier alpha value is -1.63. The Bertz CT molecular complexity index is 431. The molecule has 0 bridgehead atoms. The lowest BCUT2D eigenvalue weighted by Crippen LogP contribution is -2.41. The highest BCUT2D eigenvalue weighted by Crippen LogP contribution is 2.32. The minimum atomic E-state index is -0.907. The first-order valence-electron chi connectivity index (χ1n) is 6.90. The molecule has 112 valence electrons. The number of amides is 4. The normalized spacial score (nSPS) is 22.6. The second-order valence-electron chi connectivity index (χ2n) is 5.97. The van der Waals surface area contributed by atoms with Crippen LogP contribution >= 0.6 is 0 Å². The molecule has 0 radical (unpaired) electrons. The number of imide groups is 1. The zero-order chi connectivity index (χ0) is 14.9. The van der Waals surface area contributed by atoms with Crippen LogP contribution in [0, 0.1) is 5.92 Å². The van der Waals surface area contributed by atoms with Crippen LogP contribution < -0.4 is 10.6 Å². The number of aliphatic hydroxyl groups is 1. The molecule has 1 aliphatic heterocycles. The molecule has 1 heterocycles. The third kappa shape index (κ3) is 3.27. The highest BCUT2D eigenvalue weighted by Gasteiger charge is 2.44. The van der Waals surface area contributed by atoms with Crippen LogP contribution in [-0.4, -0.2) is 52.6 Å². The minimum Gasteiger partial charge on any atom is -0.391 e. The van der Waals surface area contributed by atoms with Crippen molar-refractivity contribution in [1.29, 1.82) is 0 Å². The molecule has 20 heavy (non-hydrogen) atoms. The van der Waals surface area contributed by atoms with Gasteiger partial charge >= 0.3 is 6.03 Å². The summed E-state index contributed by atoms with van der Waals surface area (Å²) in [5.74, 6) is -0.287. The van der Waals surface area contributed by atoms with Crippen molar-refractivity contribution in [2.75, 3.05) is 13.1 Å². The summed E-state index contributed by atoms with van der Waals surface area (Å²) >= 11 is 0. The Morgan fingerprint density at radius 3 is 2.65 bits per heavy atom. The molecule has 1 atom stereocenters. The fraction of sp³-hybridized carbons (Fsp3) is 0.769. The van der Waals surface area contributed by atoms with Crippen molar-refractivity contribution in [1.82, 2.24) is 15.5 Å². The van der Waals surface area contributed by atoms with Gasteiger partial charge in [0.1, 0.15) is 5.54 Å². The van der Waals surface area contributed by atoms with Gasteiger partial charge in [-0.1, -0.05) is 0 Å². The Morgan fingerprint density at radius 1 is 1.50 bits per heavy atom. The van der Waals surface area contributed by atoms with Gasteiger partial charge < -0.3 is 15.7 Å². The van der Waals surface area contributed by atoms with Crippen molar-refractivity contribution in [2.24, 2.45) is 5.92 Å². The number of nitrogens with zero attached hydrogens (tertiary/aromatic N) is 1. The van der Waals surface area contributed by atoms with Gasteiger partial charge in [0.15, 0.2) is 0 Å². The van der Waals surface area contributed by atoms with E-state index in [9.17, 15) is 19.5 Å². The quantitative estimate of drug-likeness (QED) is 0.577. The smallest absolute Gasteiger partial charge is 0.325 e. The van der Waals surface area contributed by atoms with Crippen LogP contribution in [0.1, 0.15) is 33.1 Å². The van der Waals surface area contributed by atoms with Gasteiger partial charge in [0.05, 0.1) is 6.10 Å². The maximum absolute atomic E-state index is 11.9. The molecule has 4 amide bonds. The Morgan fingerprint density at radius 2 is 2.15 bits per heavy atom. The molecule has 0 spiro atoms. The molecule has 2 aliphatic rings. The van der Waals surface area contributed by atoms with Crippen molar-refractivity contribution in [3.63, 3.8) is 0 Å². The maximum Gasteiger partial charge on any atom is 0.325 e. The first-order chi connectivity index (χ1) is 9.31. The number of carbonyl (C=O) groups is 3. The van der Waals surface area contributed by atoms with Crippen LogP contribution in [0.25, 0.3) is 0 Å². The Balaban J connectivity index is 1.73. The second-order valence-corrected chi connectivity index (χ2v) is 5.97. The van der Waals surface area contributed by atoms with E-state index >= 15 is 0 Å². The zero-order valence-electron chi connectivity index (χ0n) is 11.8. The number of hydrogen-bond acceptors (Lipinski definition) is 4. The van der Waals surface area contributed by atoms with Crippen molar-refractivity contribution >= 4 is 17.8 Å². The molecule has 0 aromatic carbocycles. The molecule has 1 saturated heterocycles. The molecule has 3 N–H and O–H groups in total. The maximum atomic E-state index is 11.9. The lowest BCUT2D eigenvalue weighted by Gasteiger charge is -2.16. The molecule has 0 aromatic heterocycles. The van der Waals surface area contributed by atoms with Crippen LogP contribution in [0.5, 0.6) is 0 Å². The minimum absolute atomic E-state index is 0.0482. The first kappa shape index (κ1) is 14.8. The third-order valence-electron chi connectivity index (χ3n) is 3.68. The van der Waals surface area contributed by atoms with Crippen molar-refractivity contribution in [3.8, 4) is 0 Å². The van der Waals surface area contributed by atoms with E-state index in [0.29, 0.717) is 5.92 Å². The molecule has 0 aromatic rings. The number of nitrogens with one attached hydrogen (secondary N) is 2. The summed E-state index contributed by atoms with van der Waals surface area (Å²) in [6.45, 7) is 3.53. The molecule has 7 heteroatoms. The van der Waals surface area contributed by atoms with Gasteiger partial charge in [0, 0.05) is 19.5 Å². The van der Waals surface area contributed by atoms with Gasteiger partial charge in [-0.3, -0.25) is 14.5 Å². The number of rotatable bonds is 6. The summed E-state index contributed by atoms with van der Waals surface area (Å²) in [6, 6.07) is -0.467. The lowest BCUT2D eigenvalue weighted by molar-refractivity contribution is -0.130. The standard InChI is InChI=1S/C13H21N3O4/c1-13(2)11(19)16(12(20)15-13)6-5-10(18)14-7-9(17)8-3-4-8/h8-9,17H,3-7H2,1-2H3,(H,14,18)(H,15,20). The van der Waals surface area contributed by atoms with Crippen LogP contribution in [0.4, 0.5) is 4.79 Å². The SMILES string of the molecule is CC1(C)NC(=O)N(CCC(=O)NCC(O)C2CC2)C1=O. The second kappa shape index (κ2) is 5.40. The van der Waals surface area contributed by atoms with E-state index in [1.54, 1.807) is 13.8 Å². The zero-order valence-corrected chi connectivity index (χ0v) is 11.8. The van der Waals surface area contributed by atoms with Gasteiger partial charge in [0.25, 0.3) is 5.91 Å². The van der Waals surface area contributed by atoms with E-state index in [1.165, 1.54) is 0 Å². The largest absolute Gasteiger partial charge is 0.391 e. The van der Waals surface area contributed by atoms with E-state index in [4.69, 9.17) is 0 Å². The van der Waals surface area contributed by atoms with Crippen molar-refractivity contribution in [2.45, 2.75) is 44.8 Å². The van der Waals surface area contributed by atoms with Gasteiger partial charge in [-0.05, 0) is 32.6 Å². The molecule has 1 unspecified atom stereocenters. The summed E-state index contributed by atoms with van der Waals surface area (Å²) in [6.07, 6.45) is 1.57. The molecule has 7 nitrogen and oxygen atoms in total. The Labute approximate surface area is 117 Å². The fourth-order valence-corrected chi connectivity index (χ4v) is 2.19. The summed E-state index contributed by atoms with van der Waals surface area (Å²) < 4.78 is 0. The molecule has 2 rings (SSSR count). The molecule has 1 aliphatic carbocycles. The monoisotopic (exact) mass is 283 g/mol. The molecular formula is C13H21N3O4. The van der Waals surface area contributed by atoms with Gasteiger partial charge in [0.2, 0.25) is 5.91 Å². The Kier molecular flexibility index (Phi) is 3.99. The highest BCUT2D eigenvalue weighted by molar-refractivity contribution is 6.06. The summed E-state index contributed by atoms with van der Waals surface area (Å²) in [7, 11) is 0. The van der Waals surface area contributed by atoms with E-state index < -0.39 is 17.7 Å². The number of aliphatic hydroxyl groups excluding tert-OH is 1. The fourth-order valence-electron chi connectivity index (χ4n) is 2.19. The van der Waals surface area contributed by atoms with Crippen molar-refractivity contribution in [3.05, 3.63) is 0 Å². The average molecular weight is 283 g/mol. The summed E-state index contributed by atoms with van der Waals surface area (Å²) in [4.78, 5) is 36.2. The van der Waals surface area contributed by atoms with E-state index in [-0.39, 0.29) is 31.3 Å². The van der Waals surface area contributed by atoms with E-state index in [0.717, 1.165) is 17.7 Å². The van der Waals surface area contributed by atoms with Gasteiger partial charge in [-0.2, -0.15) is 0 Å². The summed E-state index contributed by atoms with van der Waals surface area (Å²) in [5.41, 5.74) is -0.907. The molecule has 1 saturated carbocycles. The van der Waals surface area contributed by atoms with Crippen LogP contribution in [-0.2, 0) is 9.59 Å².